The number of hydrogen-bond acceptors (Lipinski definition) is 3. The van der Waals surface area contributed by atoms with Crippen LogP contribution < -0.4 is 11.1 Å². The lowest BCUT2D eigenvalue weighted by atomic mass is 9.98. The van der Waals surface area contributed by atoms with E-state index in [1.807, 2.05) is 18.2 Å². The Morgan fingerprint density at radius 1 is 1.06 bits per heavy atom. The van der Waals surface area contributed by atoms with Crippen LogP contribution in [-0.2, 0) is 11.0 Å². The number of rotatable bonds is 4. The summed E-state index contributed by atoms with van der Waals surface area (Å²) in [6.07, 6.45) is -1.85. The van der Waals surface area contributed by atoms with Crippen LogP contribution in [0.1, 0.15) is 16.7 Å². The third-order valence-corrected chi connectivity index (χ3v) is 5.11. The van der Waals surface area contributed by atoms with E-state index in [9.17, 15) is 22.4 Å². The molecule has 2 heterocycles. The number of likely N-dealkylation sites (N-methyl/N-ethyl adjacent to an activating group) is 1. The predicted octanol–water partition coefficient (Wildman–Crippen LogP) is 4.92. The van der Waals surface area contributed by atoms with Gasteiger partial charge in [0.15, 0.2) is 5.82 Å². The van der Waals surface area contributed by atoms with Crippen LogP contribution >= 0.6 is 0 Å². The molecule has 9 heteroatoms. The van der Waals surface area contributed by atoms with Crippen molar-refractivity contribution in [3.63, 3.8) is 0 Å². The summed E-state index contributed by atoms with van der Waals surface area (Å²) in [6.45, 7) is 0. The maximum atomic E-state index is 13.7. The summed E-state index contributed by atoms with van der Waals surface area (Å²) in [4.78, 5) is 16.3. The number of carbonyl (C=O) groups excluding carboxylic acids is 1. The molecule has 4 rings (SSSR count). The number of amides is 1. The standard InChI is InChI=1S/C24H18F4N4O/c1-30-21(33)12-18(14-5-3-2-4-6-14)15-7-10-20-31-23(29)22(32(20)13-15)17-9-8-16(25)11-19(17)24(26,27)28/h2-13H,29H2,1H3,(H,30,33)/b18-12+. The smallest absolute Gasteiger partial charge is 0.382 e. The van der Waals surface area contributed by atoms with Gasteiger partial charge in [0.1, 0.15) is 11.5 Å². The van der Waals surface area contributed by atoms with Gasteiger partial charge in [-0.1, -0.05) is 30.3 Å². The zero-order chi connectivity index (χ0) is 23.8. The van der Waals surface area contributed by atoms with Gasteiger partial charge in [-0.3, -0.25) is 9.20 Å². The summed E-state index contributed by atoms with van der Waals surface area (Å²) in [6, 6.07) is 14.7. The number of imidazole rings is 1. The molecule has 0 atom stereocenters. The van der Waals surface area contributed by atoms with E-state index in [0.29, 0.717) is 22.9 Å². The molecule has 0 fully saturated rings. The maximum Gasteiger partial charge on any atom is 0.417 e. The molecule has 0 aliphatic rings. The van der Waals surface area contributed by atoms with Crippen LogP contribution in [0, 0.1) is 5.82 Å². The van der Waals surface area contributed by atoms with Crippen LogP contribution in [0.5, 0.6) is 0 Å². The van der Waals surface area contributed by atoms with Crippen LogP contribution in [0.15, 0.2) is 72.9 Å². The number of nitrogen functional groups attached to an aromatic ring is 1. The minimum Gasteiger partial charge on any atom is -0.382 e. The Morgan fingerprint density at radius 2 is 1.79 bits per heavy atom. The first kappa shape index (κ1) is 22.1. The number of nitrogens with two attached hydrogens (primary N) is 1. The second-order valence-electron chi connectivity index (χ2n) is 7.22. The fraction of sp³-hybridized carbons (Fsp3) is 0.0833. The molecule has 0 bridgehead atoms. The molecule has 2 aromatic carbocycles. The molecular formula is C24H18F4N4O. The largest absolute Gasteiger partial charge is 0.417 e. The number of aromatic nitrogens is 2. The van der Waals surface area contributed by atoms with Crippen molar-refractivity contribution in [2.75, 3.05) is 12.8 Å². The van der Waals surface area contributed by atoms with Crippen molar-refractivity contribution in [3.05, 3.63) is 95.4 Å². The van der Waals surface area contributed by atoms with Crippen molar-refractivity contribution in [1.29, 1.82) is 0 Å². The van der Waals surface area contributed by atoms with Gasteiger partial charge in [0.2, 0.25) is 5.91 Å². The van der Waals surface area contributed by atoms with E-state index in [4.69, 9.17) is 5.73 Å². The second-order valence-corrected chi connectivity index (χ2v) is 7.22. The monoisotopic (exact) mass is 454 g/mol. The third kappa shape index (κ3) is 4.30. The lowest BCUT2D eigenvalue weighted by Gasteiger charge is -2.14. The fourth-order valence-electron chi connectivity index (χ4n) is 3.60. The number of pyridine rings is 1. The van der Waals surface area contributed by atoms with Crippen molar-refractivity contribution in [1.82, 2.24) is 14.7 Å². The maximum absolute atomic E-state index is 13.7. The van der Waals surface area contributed by atoms with Crippen molar-refractivity contribution < 1.29 is 22.4 Å². The summed E-state index contributed by atoms with van der Waals surface area (Å²) in [5.41, 5.74) is 6.64. The lowest BCUT2D eigenvalue weighted by Crippen LogP contribution is -2.15. The highest BCUT2D eigenvalue weighted by Crippen LogP contribution is 2.40. The van der Waals surface area contributed by atoms with Gasteiger partial charge >= 0.3 is 6.18 Å². The number of anilines is 1. The molecule has 0 aliphatic heterocycles. The highest BCUT2D eigenvalue weighted by atomic mass is 19.4. The van der Waals surface area contributed by atoms with Crippen LogP contribution in [0.4, 0.5) is 23.4 Å². The van der Waals surface area contributed by atoms with Crippen LogP contribution in [0.3, 0.4) is 0 Å². The topological polar surface area (TPSA) is 72.4 Å². The van der Waals surface area contributed by atoms with E-state index < -0.39 is 17.6 Å². The number of benzene rings is 2. The van der Waals surface area contributed by atoms with Gasteiger partial charge < -0.3 is 11.1 Å². The van der Waals surface area contributed by atoms with E-state index in [-0.39, 0.29) is 23.0 Å². The Morgan fingerprint density at radius 3 is 2.45 bits per heavy atom. The molecule has 1 amide bonds. The van der Waals surface area contributed by atoms with Gasteiger partial charge in [0.05, 0.1) is 11.3 Å². The summed E-state index contributed by atoms with van der Waals surface area (Å²) < 4.78 is 56.1. The normalized spacial score (nSPS) is 12.2. The molecule has 0 radical (unpaired) electrons. The number of halogens is 4. The fourth-order valence-corrected chi connectivity index (χ4v) is 3.60. The first-order valence-electron chi connectivity index (χ1n) is 9.83. The summed E-state index contributed by atoms with van der Waals surface area (Å²) >= 11 is 0. The minimum absolute atomic E-state index is 0.0217. The van der Waals surface area contributed by atoms with Crippen LogP contribution in [0.2, 0.25) is 0 Å². The third-order valence-electron chi connectivity index (χ3n) is 5.11. The van der Waals surface area contributed by atoms with Crippen molar-refractivity contribution in [2.45, 2.75) is 6.18 Å². The second kappa shape index (κ2) is 8.42. The van der Waals surface area contributed by atoms with E-state index in [1.54, 1.807) is 30.5 Å². The quantitative estimate of drug-likeness (QED) is 0.340. The summed E-state index contributed by atoms with van der Waals surface area (Å²) in [5, 5.41) is 2.53. The molecule has 2 aromatic heterocycles. The van der Waals surface area contributed by atoms with Gasteiger partial charge in [-0.05, 0) is 47.0 Å². The number of alkyl halides is 3. The number of hydrogen-bond donors (Lipinski definition) is 2. The number of nitrogens with zero attached hydrogens (tertiary/aromatic N) is 2. The Balaban J connectivity index is 1.97. The van der Waals surface area contributed by atoms with Crippen molar-refractivity contribution in [3.8, 4) is 11.3 Å². The van der Waals surface area contributed by atoms with Crippen molar-refractivity contribution in [2.24, 2.45) is 0 Å². The van der Waals surface area contributed by atoms with Gasteiger partial charge in [-0.15, -0.1) is 0 Å². The molecule has 0 saturated heterocycles. The average Bonchev–Trinajstić information content (AvgIpc) is 3.12. The Hall–Kier alpha value is -4.14. The van der Waals surface area contributed by atoms with E-state index in [1.165, 1.54) is 17.5 Å². The SMILES string of the molecule is CNC(=O)/C=C(\c1ccccc1)c1ccc2nc(N)c(-c3ccc(F)cc3C(F)(F)F)n2c1. The Bertz CT molecular complexity index is 1370. The molecule has 0 spiro atoms. The molecule has 0 saturated carbocycles. The molecule has 5 nitrogen and oxygen atoms in total. The summed E-state index contributed by atoms with van der Waals surface area (Å²) in [5.74, 6) is -1.50. The molecule has 0 unspecified atom stereocenters. The van der Waals surface area contributed by atoms with Gasteiger partial charge in [-0.2, -0.15) is 13.2 Å². The molecule has 0 aliphatic carbocycles. The van der Waals surface area contributed by atoms with Gasteiger partial charge in [0, 0.05) is 24.9 Å². The highest BCUT2D eigenvalue weighted by molar-refractivity contribution is 5.99. The van der Waals surface area contributed by atoms with Gasteiger partial charge in [-0.25, -0.2) is 9.37 Å². The molecule has 168 valence electrons. The highest BCUT2D eigenvalue weighted by Gasteiger charge is 2.35. The zero-order valence-corrected chi connectivity index (χ0v) is 17.3. The molecule has 3 N–H and O–H groups in total. The minimum atomic E-state index is -4.81. The lowest BCUT2D eigenvalue weighted by molar-refractivity contribution is -0.137. The molecule has 4 aromatic rings. The van der Waals surface area contributed by atoms with Gasteiger partial charge in [0.25, 0.3) is 0 Å². The van der Waals surface area contributed by atoms with E-state index >= 15 is 0 Å². The number of fused-ring (bicyclic) bond motifs is 1. The number of carbonyl (C=O) groups is 1. The van der Waals surface area contributed by atoms with Crippen LogP contribution in [-0.4, -0.2) is 22.3 Å². The number of nitrogens with one attached hydrogen (secondary N) is 1. The summed E-state index contributed by atoms with van der Waals surface area (Å²) in [7, 11) is 1.49. The average molecular weight is 454 g/mol. The Labute approximate surface area is 186 Å². The molecule has 33 heavy (non-hydrogen) atoms. The zero-order valence-electron chi connectivity index (χ0n) is 17.3. The van der Waals surface area contributed by atoms with Crippen molar-refractivity contribution >= 4 is 22.9 Å². The van der Waals surface area contributed by atoms with E-state index in [0.717, 1.165) is 17.7 Å². The van der Waals surface area contributed by atoms with E-state index in [2.05, 4.69) is 10.3 Å². The molecular weight excluding hydrogens is 436 g/mol. The van der Waals surface area contributed by atoms with Crippen LogP contribution in [0.25, 0.3) is 22.5 Å². The first-order valence-corrected chi connectivity index (χ1v) is 9.83. The predicted molar refractivity (Wildman–Crippen MR) is 118 cm³/mol. The Kier molecular flexibility index (Phi) is 5.63. The first-order chi connectivity index (χ1) is 15.7.